The van der Waals surface area contributed by atoms with Crippen molar-refractivity contribution in [1.82, 2.24) is 9.97 Å². The van der Waals surface area contributed by atoms with Crippen LogP contribution in [0.15, 0.2) is 24.4 Å². The number of fused-ring (bicyclic) bond motifs is 1. The molecule has 3 nitrogen and oxygen atoms in total. The van der Waals surface area contributed by atoms with E-state index in [1.54, 1.807) is 12.3 Å². The van der Waals surface area contributed by atoms with Crippen molar-refractivity contribution in [3.05, 3.63) is 36.0 Å². The fourth-order valence-corrected chi connectivity index (χ4v) is 1.42. The molecule has 4 heteroatoms. The lowest BCUT2D eigenvalue weighted by Gasteiger charge is -2.01. The van der Waals surface area contributed by atoms with Crippen molar-refractivity contribution in [1.29, 1.82) is 0 Å². The Morgan fingerprint density at radius 3 is 3.00 bits per heavy atom. The molecule has 0 radical (unpaired) electrons. The number of hydrogen-bond donors (Lipinski definition) is 1. The largest absolute Gasteiger partial charge is 0.330 e. The number of aromatic nitrogens is 2. The molecule has 0 aliphatic rings. The molecule has 78 valence electrons. The summed E-state index contributed by atoms with van der Waals surface area (Å²) in [6, 6.07) is 4.51. The summed E-state index contributed by atoms with van der Waals surface area (Å²) in [6.07, 6.45) is 3.30. The molecule has 2 rings (SSSR count). The van der Waals surface area contributed by atoms with E-state index >= 15 is 0 Å². The summed E-state index contributed by atoms with van der Waals surface area (Å²) >= 11 is 0. The molecule has 0 saturated heterocycles. The van der Waals surface area contributed by atoms with Gasteiger partial charge in [-0.05, 0) is 25.1 Å². The van der Waals surface area contributed by atoms with Crippen LogP contribution in [0.4, 0.5) is 4.39 Å². The Morgan fingerprint density at radius 2 is 2.20 bits per heavy atom. The minimum Gasteiger partial charge on any atom is -0.330 e. The smallest absolute Gasteiger partial charge is 0.129 e. The molecular formula is C11H12FN3. The van der Waals surface area contributed by atoms with Crippen molar-refractivity contribution in [3.63, 3.8) is 0 Å². The standard InChI is InChI=1S/C11H12FN3/c12-9-4-3-8-7-14-11(2-1-5-13)15-10(8)6-9/h3-4,6-7H,1-2,5,13H2. The monoisotopic (exact) mass is 205 g/mol. The van der Waals surface area contributed by atoms with Gasteiger partial charge in [0.25, 0.3) is 0 Å². The van der Waals surface area contributed by atoms with E-state index in [2.05, 4.69) is 9.97 Å². The number of benzene rings is 1. The van der Waals surface area contributed by atoms with Crippen LogP contribution >= 0.6 is 0 Å². The van der Waals surface area contributed by atoms with E-state index < -0.39 is 0 Å². The van der Waals surface area contributed by atoms with Crippen molar-refractivity contribution < 1.29 is 4.39 Å². The van der Waals surface area contributed by atoms with Gasteiger partial charge in [-0.3, -0.25) is 0 Å². The quantitative estimate of drug-likeness (QED) is 0.829. The van der Waals surface area contributed by atoms with E-state index in [0.29, 0.717) is 12.1 Å². The maximum Gasteiger partial charge on any atom is 0.129 e. The first kappa shape index (κ1) is 9.98. The van der Waals surface area contributed by atoms with Crippen molar-refractivity contribution in [3.8, 4) is 0 Å². The van der Waals surface area contributed by atoms with E-state index in [4.69, 9.17) is 5.73 Å². The molecule has 1 aromatic heterocycles. The first-order chi connectivity index (χ1) is 7.29. The van der Waals surface area contributed by atoms with Gasteiger partial charge in [0.1, 0.15) is 11.6 Å². The highest BCUT2D eigenvalue weighted by molar-refractivity contribution is 5.77. The van der Waals surface area contributed by atoms with Gasteiger partial charge in [0.15, 0.2) is 0 Å². The molecule has 0 atom stereocenters. The molecule has 0 aliphatic heterocycles. The van der Waals surface area contributed by atoms with Crippen LogP contribution in [0.25, 0.3) is 10.9 Å². The zero-order valence-electron chi connectivity index (χ0n) is 8.28. The Balaban J connectivity index is 2.36. The number of rotatable bonds is 3. The minimum absolute atomic E-state index is 0.272. The number of nitrogens with two attached hydrogens (primary N) is 1. The number of hydrogen-bond acceptors (Lipinski definition) is 3. The molecule has 2 aromatic rings. The zero-order valence-corrected chi connectivity index (χ0v) is 8.28. The van der Waals surface area contributed by atoms with Crippen LogP contribution in [0.5, 0.6) is 0 Å². The summed E-state index contributed by atoms with van der Waals surface area (Å²) in [6.45, 7) is 0.616. The van der Waals surface area contributed by atoms with Gasteiger partial charge in [-0.25, -0.2) is 14.4 Å². The second-order valence-electron chi connectivity index (χ2n) is 3.38. The minimum atomic E-state index is -0.272. The lowest BCUT2D eigenvalue weighted by atomic mass is 10.2. The summed E-state index contributed by atoms with van der Waals surface area (Å²) in [5, 5.41) is 0.855. The first-order valence-electron chi connectivity index (χ1n) is 4.91. The molecule has 0 saturated carbocycles. The van der Waals surface area contributed by atoms with Gasteiger partial charge in [-0.15, -0.1) is 0 Å². The van der Waals surface area contributed by atoms with E-state index in [1.807, 2.05) is 0 Å². The molecule has 1 heterocycles. The highest BCUT2D eigenvalue weighted by atomic mass is 19.1. The fraction of sp³-hybridized carbons (Fsp3) is 0.273. The average molecular weight is 205 g/mol. The summed E-state index contributed by atoms with van der Waals surface area (Å²) in [4.78, 5) is 8.45. The SMILES string of the molecule is NCCCc1ncc2ccc(F)cc2n1. The van der Waals surface area contributed by atoms with Crippen LogP contribution in [0.3, 0.4) is 0 Å². The van der Waals surface area contributed by atoms with E-state index in [-0.39, 0.29) is 5.82 Å². The third-order valence-corrected chi connectivity index (χ3v) is 2.20. The molecule has 0 amide bonds. The van der Waals surface area contributed by atoms with Crippen molar-refractivity contribution in [2.75, 3.05) is 6.54 Å². The fourth-order valence-electron chi connectivity index (χ4n) is 1.42. The third kappa shape index (κ3) is 2.27. The van der Waals surface area contributed by atoms with E-state index in [9.17, 15) is 4.39 Å². The van der Waals surface area contributed by atoms with Crippen molar-refractivity contribution >= 4 is 10.9 Å². The summed E-state index contributed by atoms with van der Waals surface area (Å²) < 4.78 is 12.9. The normalized spacial score (nSPS) is 10.8. The van der Waals surface area contributed by atoms with Crippen LogP contribution < -0.4 is 5.73 Å². The number of halogens is 1. The van der Waals surface area contributed by atoms with Gasteiger partial charge >= 0.3 is 0 Å². The van der Waals surface area contributed by atoms with Gasteiger partial charge in [0.2, 0.25) is 0 Å². The second-order valence-corrected chi connectivity index (χ2v) is 3.38. The van der Waals surface area contributed by atoms with Crippen LogP contribution in [0, 0.1) is 5.82 Å². The van der Waals surface area contributed by atoms with Gasteiger partial charge in [-0.1, -0.05) is 0 Å². The predicted octanol–water partition coefficient (Wildman–Crippen LogP) is 1.66. The highest BCUT2D eigenvalue weighted by Gasteiger charge is 2.00. The average Bonchev–Trinajstić information content (AvgIpc) is 2.25. The molecule has 1 aromatic carbocycles. The highest BCUT2D eigenvalue weighted by Crippen LogP contribution is 2.12. The Kier molecular flexibility index (Phi) is 2.87. The lowest BCUT2D eigenvalue weighted by Crippen LogP contribution is -2.03. The van der Waals surface area contributed by atoms with Crippen molar-refractivity contribution in [2.24, 2.45) is 5.73 Å². The molecular weight excluding hydrogens is 193 g/mol. The topological polar surface area (TPSA) is 51.8 Å². The third-order valence-electron chi connectivity index (χ3n) is 2.20. The Labute approximate surface area is 87.2 Å². The molecule has 0 aliphatic carbocycles. The predicted molar refractivity (Wildman–Crippen MR) is 56.9 cm³/mol. The molecule has 0 spiro atoms. The molecule has 15 heavy (non-hydrogen) atoms. The Hall–Kier alpha value is -1.55. The van der Waals surface area contributed by atoms with Crippen LogP contribution in [0.2, 0.25) is 0 Å². The maximum atomic E-state index is 12.9. The van der Waals surface area contributed by atoms with Crippen LogP contribution in [-0.2, 0) is 6.42 Å². The van der Waals surface area contributed by atoms with E-state index in [0.717, 1.165) is 24.1 Å². The summed E-state index contributed by atoms with van der Waals surface area (Å²) in [5.74, 6) is 0.449. The van der Waals surface area contributed by atoms with Gasteiger partial charge in [0.05, 0.1) is 5.52 Å². The van der Waals surface area contributed by atoms with E-state index in [1.165, 1.54) is 12.1 Å². The summed E-state index contributed by atoms with van der Waals surface area (Å²) in [7, 11) is 0. The Morgan fingerprint density at radius 1 is 1.33 bits per heavy atom. The first-order valence-corrected chi connectivity index (χ1v) is 4.91. The van der Waals surface area contributed by atoms with Crippen LogP contribution in [-0.4, -0.2) is 16.5 Å². The summed E-state index contributed by atoms with van der Waals surface area (Å²) in [5.41, 5.74) is 6.05. The van der Waals surface area contributed by atoms with Gasteiger partial charge < -0.3 is 5.73 Å². The second kappa shape index (κ2) is 4.31. The van der Waals surface area contributed by atoms with Gasteiger partial charge in [-0.2, -0.15) is 0 Å². The molecule has 2 N–H and O–H groups in total. The Bertz CT molecular complexity index is 470. The number of nitrogens with zero attached hydrogens (tertiary/aromatic N) is 2. The van der Waals surface area contributed by atoms with Crippen molar-refractivity contribution in [2.45, 2.75) is 12.8 Å². The van der Waals surface area contributed by atoms with Crippen LogP contribution in [0.1, 0.15) is 12.2 Å². The molecule has 0 unspecified atom stereocenters. The zero-order chi connectivity index (χ0) is 10.7. The van der Waals surface area contributed by atoms with Gasteiger partial charge in [0, 0.05) is 24.1 Å². The molecule has 0 fully saturated rings. The maximum absolute atomic E-state index is 12.9. The lowest BCUT2D eigenvalue weighted by molar-refractivity contribution is 0.629. The number of aryl methyl sites for hydroxylation is 1. The molecule has 0 bridgehead atoms.